The Morgan fingerprint density at radius 1 is 1.50 bits per heavy atom. The minimum absolute atomic E-state index is 0.149. The Morgan fingerprint density at radius 2 is 2.31 bits per heavy atom. The fraction of sp³-hybridized carbons (Fsp3) is 0.538. The van der Waals surface area contributed by atoms with Crippen LogP contribution in [-0.2, 0) is 4.74 Å². The van der Waals surface area contributed by atoms with Crippen LogP contribution >= 0.6 is 11.6 Å². The molecule has 0 radical (unpaired) electrons. The first-order valence-electron chi connectivity index (χ1n) is 5.80. The first-order chi connectivity index (χ1) is 7.72. The second-order valence-electron chi connectivity index (χ2n) is 4.43. The average Bonchev–Trinajstić information content (AvgIpc) is 2.29. The van der Waals surface area contributed by atoms with E-state index in [1.165, 1.54) is 11.1 Å². The van der Waals surface area contributed by atoms with Crippen LogP contribution in [0.5, 0.6) is 0 Å². The molecule has 88 valence electrons. The Balaban J connectivity index is 2.27. The third-order valence-electron chi connectivity index (χ3n) is 3.29. The summed E-state index contributed by atoms with van der Waals surface area (Å²) in [7, 11) is 0. The Morgan fingerprint density at radius 3 is 3.00 bits per heavy atom. The van der Waals surface area contributed by atoms with Crippen molar-refractivity contribution in [3.8, 4) is 0 Å². The van der Waals surface area contributed by atoms with Crippen molar-refractivity contribution in [1.29, 1.82) is 0 Å². The Labute approximate surface area is 102 Å². The molecule has 0 aliphatic carbocycles. The van der Waals surface area contributed by atoms with Gasteiger partial charge < -0.3 is 10.5 Å². The van der Waals surface area contributed by atoms with Gasteiger partial charge in [0.25, 0.3) is 0 Å². The van der Waals surface area contributed by atoms with E-state index in [4.69, 9.17) is 22.1 Å². The van der Waals surface area contributed by atoms with Crippen LogP contribution in [0.2, 0.25) is 5.02 Å². The smallest absolute Gasteiger partial charge is 0.0867 e. The predicted molar refractivity (Wildman–Crippen MR) is 66.7 cm³/mol. The number of halogens is 1. The van der Waals surface area contributed by atoms with Crippen LogP contribution < -0.4 is 5.73 Å². The van der Waals surface area contributed by atoms with E-state index in [2.05, 4.69) is 13.0 Å². The summed E-state index contributed by atoms with van der Waals surface area (Å²) in [6.07, 6.45) is 2.42. The lowest BCUT2D eigenvalue weighted by molar-refractivity contribution is -0.0255. The molecule has 1 aromatic carbocycles. The molecular weight excluding hydrogens is 222 g/mol. The maximum absolute atomic E-state index is 5.96. The number of nitrogens with two attached hydrogens (primary N) is 1. The zero-order valence-electron chi connectivity index (χ0n) is 9.58. The molecule has 16 heavy (non-hydrogen) atoms. The molecule has 0 saturated carbocycles. The first kappa shape index (κ1) is 11.9. The van der Waals surface area contributed by atoms with Crippen molar-refractivity contribution in [2.24, 2.45) is 11.7 Å². The molecule has 1 aromatic rings. The SMILES string of the molecule is Cc1cc(Cl)ccc1C1OCCCC1CN. The molecule has 0 amide bonds. The molecule has 2 N–H and O–H groups in total. The van der Waals surface area contributed by atoms with Crippen LogP contribution in [0.3, 0.4) is 0 Å². The summed E-state index contributed by atoms with van der Waals surface area (Å²) in [5.41, 5.74) is 8.23. The van der Waals surface area contributed by atoms with Gasteiger partial charge in [-0.25, -0.2) is 0 Å². The van der Waals surface area contributed by atoms with Crippen molar-refractivity contribution >= 4 is 11.6 Å². The molecule has 0 spiro atoms. The number of ether oxygens (including phenoxy) is 1. The van der Waals surface area contributed by atoms with Crippen molar-refractivity contribution in [2.75, 3.05) is 13.2 Å². The van der Waals surface area contributed by atoms with Crippen molar-refractivity contribution in [2.45, 2.75) is 25.9 Å². The van der Waals surface area contributed by atoms with E-state index in [0.717, 1.165) is 24.5 Å². The Hall–Kier alpha value is -0.570. The van der Waals surface area contributed by atoms with Crippen molar-refractivity contribution in [3.05, 3.63) is 34.3 Å². The summed E-state index contributed by atoms with van der Waals surface area (Å²) < 4.78 is 5.87. The van der Waals surface area contributed by atoms with E-state index in [0.29, 0.717) is 12.5 Å². The van der Waals surface area contributed by atoms with Gasteiger partial charge in [-0.2, -0.15) is 0 Å². The van der Waals surface area contributed by atoms with Gasteiger partial charge in [-0.15, -0.1) is 0 Å². The summed E-state index contributed by atoms with van der Waals surface area (Å²) in [4.78, 5) is 0. The molecule has 1 heterocycles. The number of hydrogen-bond donors (Lipinski definition) is 1. The highest BCUT2D eigenvalue weighted by molar-refractivity contribution is 6.30. The van der Waals surface area contributed by atoms with E-state index in [-0.39, 0.29) is 6.10 Å². The lowest BCUT2D eigenvalue weighted by atomic mass is 9.88. The topological polar surface area (TPSA) is 35.2 Å². The van der Waals surface area contributed by atoms with Gasteiger partial charge in [0.15, 0.2) is 0 Å². The number of benzene rings is 1. The highest BCUT2D eigenvalue weighted by Crippen LogP contribution is 2.35. The quantitative estimate of drug-likeness (QED) is 0.861. The highest BCUT2D eigenvalue weighted by Gasteiger charge is 2.27. The van der Waals surface area contributed by atoms with Crippen molar-refractivity contribution in [1.82, 2.24) is 0 Å². The largest absolute Gasteiger partial charge is 0.373 e. The van der Waals surface area contributed by atoms with Gasteiger partial charge in [-0.3, -0.25) is 0 Å². The first-order valence-corrected chi connectivity index (χ1v) is 6.18. The van der Waals surface area contributed by atoms with Gasteiger partial charge >= 0.3 is 0 Å². The third kappa shape index (κ3) is 2.40. The molecular formula is C13H18ClNO. The number of hydrogen-bond acceptors (Lipinski definition) is 2. The molecule has 0 bridgehead atoms. The van der Waals surface area contributed by atoms with Crippen LogP contribution in [0.15, 0.2) is 18.2 Å². The van der Waals surface area contributed by atoms with Crippen LogP contribution in [-0.4, -0.2) is 13.2 Å². The Kier molecular flexibility index (Phi) is 3.85. The Bertz CT molecular complexity index is 367. The van der Waals surface area contributed by atoms with E-state index >= 15 is 0 Å². The van der Waals surface area contributed by atoms with Gasteiger partial charge in [0.1, 0.15) is 0 Å². The summed E-state index contributed by atoms with van der Waals surface area (Å²) >= 11 is 5.96. The number of rotatable bonds is 2. The summed E-state index contributed by atoms with van der Waals surface area (Å²) in [5.74, 6) is 0.439. The molecule has 1 fully saturated rings. The predicted octanol–water partition coefficient (Wildman–Crippen LogP) is 3.07. The van der Waals surface area contributed by atoms with Crippen LogP contribution in [0.4, 0.5) is 0 Å². The van der Waals surface area contributed by atoms with Gasteiger partial charge in [-0.1, -0.05) is 17.7 Å². The lowest BCUT2D eigenvalue weighted by Gasteiger charge is -2.32. The van der Waals surface area contributed by atoms with E-state index in [1.807, 2.05) is 12.1 Å². The second kappa shape index (κ2) is 5.17. The molecule has 1 aliphatic heterocycles. The van der Waals surface area contributed by atoms with Crippen LogP contribution in [0, 0.1) is 12.8 Å². The van der Waals surface area contributed by atoms with Crippen molar-refractivity contribution < 1.29 is 4.74 Å². The van der Waals surface area contributed by atoms with E-state index < -0.39 is 0 Å². The normalized spacial score (nSPS) is 25.7. The van der Waals surface area contributed by atoms with E-state index in [9.17, 15) is 0 Å². The van der Waals surface area contributed by atoms with Gasteiger partial charge in [-0.05, 0) is 49.6 Å². The molecule has 2 rings (SSSR count). The molecule has 2 atom stereocenters. The minimum Gasteiger partial charge on any atom is -0.373 e. The molecule has 3 heteroatoms. The molecule has 2 unspecified atom stereocenters. The third-order valence-corrected chi connectivity index (χ3v) is 3.52. The molecule has 1 saturated heterocycles. The highest BCUT2D eigenvalue weighted by atomic mass is 35.5. The zero-order valence-corrected chi connectivity index (χ0v) is 10.3. The summed E-state index contributed by atoms with van der Waals surface area (Å²) in [5, 5.41) is 0.779. The maximum Gasteiger partial charge on any atom is 0.0867 e. The van der Waals surface area contributed by atoms with Crippen LogP contribution in [0.1, 0.15) is 30.1 Å². The summed E-state index contributed by atoms with van der Waals surface area (Å²) in [6.45, 7) is 3.60. The minimum atomic E-state index is 0.149. The van der Waals surface area contributed by atoms with Crippen molar-refractivity contribution in [3.63, 3.8) is 0 Å². The lowest BCUT2D eigenvalue weighted by Crippen LogP contribution is -2.29. The molecule has 1 aliphatic rings. The molecule has 0 aromatic heterocycles. The maximum atomic E-state index is 5.96. The number of aryl methyl sites for hydroxylation is 1. The van der Waals surface area contributed by atoms with Gasteiger partial charge in [0.2, 0.25) is 0 Å². The fourth-order valence-corrected chi connectivity index (χ4v) is 2.61. The monoisotopic (exact) mass is 239 g/mol. The fourth-order valence-electron chi connectivity index (χ4n) is 2.39. The molecule has 2 nitrogen and oxygen atoms in total. The second-order valence-corrected chi connectivity index (χ2v) is 4.87. The average molecular weight is 240 g/mol. The van der Waals surface area contributed by atoms with E-state index in [1.54, 1.807) is 0 Å². The van der Waals surface area contributed by atoms with Gasteiger partial charge in [0, 0.05) is 17.5 Å². The summed E-state index contributed by atoms with van der Waals surface area (Å²) in [6, 6.07) is 5.98. The van der Waals surface area contributed by atoms with Crippen LogP contribution in [0.25, 0.3) is 0 Å². The van der Waals surface area contributed by atoms with Gasteiger partial charge in [0.05, 0.1) is 6.10 Å². The zero-order chi connectivity index (χ0) is 11.5. The standard InChI is InChI=1S/C13H18ClNO/c1-9-7-11(14)4-5-12(9)13-10(8-15)3-2-6-16-13/h4-5,7,10,13H,2-3,6,8,15H2,1H3.